The molecule has 0 unspecified atom stereocenters. The lowest BCUT2D eigenvalue weighted by atomic mass is 10.1. The second kappa shape index (κ2) is 7.53. The van der Waals surface area contributed by atoms with Gasteiger partial charge in [-0.15, -0.1) is 11.3 Å². The third kappa shape index (κ3) is 3.83. The fourth-order valence-corrected chi connectivity index (χ4v) is 3.34. The maximum atomic E-state index is 12.3. The molecule has 0 spiro atoms. The molecular weight excluding hydrogens is 354 g/mol. The van der Waals surface area contributed by atoms with E-state index in [1.165, 1.54) is 17.4 Å². The highest BCUT2D eigenvalue weighted by Crippen LogP contribution is 2.27. The summed E-state index contributed by atoms with van der Waals surface area (Å²) < 4.78 is 15.5. The van der Waals surface area contributed by atoms with Gasteiger partial charge < -0.3 is 13.9 Å². The fraction of sp³-hybridized carbons (Fsp3) is 0.211. The Kier molecular flexibility index (Phi) is 5.18. The van der Waals surface area contributed by atoms with Crippen molar-refractivity contribution >= 4 is 17.3 Å². The highest BCUT2D eigenvalue weighted by atomic mass is 32.1. The molecule has 26 heavy (non-hydrogen) atoms. The molecule has 0 N–H and O–H groups in total. The van der Waals surface area contributed by atoms with E-state index in [2.05, 4.69) is 4.98 Å². The molecular formula is C19H17NO5S. The highest BCUT2D eigenvalue weighted by molar-refractivity contribution is 7.13. The number of rotatable bonds is 5. The number of esters is 1. The van der Waals surface area contributed by atoms with Crippen LogP contribution in [0.4, 0.5) is 0 Å². The molecule has 0 atom stereocenters. The second-order valence-electron chi connectivity index (χ2n) is 5.63. The Balaban J connectivity index is 1.72. The van der Waals surface area contributed by atoms with Crippen LogP contribution >= 0.6 is 11.3 Å². The normalized spacial score (nSPS) is 10.6. The molecule has 7 heteroatoms. The predicted molar refractivity (Wildman–Crippen MR) is 97.7 cm³/mol. The van der Waals surface area contributed by atoms with Gasteiger partial charge in [0.2, 0.25) is 0 Å². The number of benzene rings is 1. The minimum absolute atomic E-state index is 0.0390. The van der Waals surface area contributed by atoms with Gasteiger partial charge >= 0.3 is 11.6 Å². The molecule has 2 aromatic heterocycles. The van der Waals surface area contributed by atoms with Crippen LogP contribution in [0.15, 0.2) is 44.9 Å². The van der Waals surface area contributed by atoms with Crippen LogP contribution in [0.5, 0.6) is 5.75 Å². The van der Waals surface area contributed by atoms with Crippen LogP contribution in [0, 0.1) is 13.8 Å². The van der Waals surface area contributed by atoms with Crippen molar-refractivity contribution in [2.75, 3.05) is 7.11 Å². The molecule has 1 aromatic carbocycles. The summed E-state index contributed by atoms with van der Waals surface area (Å²) in [5.74, 6) is 0.456. The fourth-order valence-electron chi connectivity index (χ4n) is 2.54. The van der Waals surface area contributed by atoms with Crippen LogP contribution in [-0.4, -0.2) is 18.1 Å². The Morgan fingerprint density at radius 2 is 2.08 bits per heavy atom. The van der Waals surface area contributed by atoms with Gasteiger partial charge in [0.25, 0.3) is 0 Å². The number of nitrogens with zero attached hydrogens (tertiary/aromatic N) is 1. The lowest BCUT2D eigenvalue weighted by molar-refractivity contribution is 0.0463. The molecule has 0 aliphatic rings. The smallest absolute Gasteiger partial charge is 0.342 e. The Morgan fingerprint density at radius 3 is 2.81 bits per heavy atom. The van der Waals surface area contributed by atoms with Crippen LogP contribution in [0.1, 0.15) is 27.4 Å². The number of hydrogen-bond donors (Lipinski definition) is 0. The van der Waals surface area contributed by atoms with Gasteiger partial charge in [0.15, 0.2) is 0 Å². The first-order chi connectivity index (χ1) is 12.5. The van der Waals surface area contributed by atoms with Crippen molar-refractivity contribution in [2.24, 2.45) is 0 Å². The maximum Gasteiger partial charge on any atom is 0.342 e. The first-order valence-electron chi connectivity index (χ1n) is 7.85. The van der Waals surface area contributed by atoms with Crippen LogP contribution in [0.2, 0.25) is 0 Å². The zero-order valence-electron chi connectivity index (χ0n) is 14.6. The van der Waals surface area contributed by atoms with E-state index in [0.717, 1.165) is 16.3 Å². The van der Waals surface area contributed by atoms with Crippen molar-refractivity contribution < 1.29 is 18.7 Å². The molecule has 3 rings (SSSR count). The molecule has 0 radical (unpaired) electrons. The quantitative estimate of drug-likeness (QED) is 0.636. The van der Waals surface area contributed by atoms with Crippen molar-refractivity contribution in [1.29, 1.82) is 0 Å². The molecule has 0 amide bonds. The van der Waals surface area contributed by atoms with Gasteiger partial charge in [-0.2, -0.15) is 0 Å². The maximum absolute atomic E-state index is 12.3. The van der Waals surface area contributed by atoms with Crippen molar-refractivity contribution in [3.63, 3.8) is 0 Å². The number of methoxy groups -OCH3 is 1. The van der Waals surface area contributed by atoms with Gasteiger partial charge in [0.05, 0.1) is 12.8 Å². The average Bonchev–Trinajstić information content (AvgIpc) is 3.08. The second-order valence-corrected chi connectivity index (χ2v) is 6.49. The van der Waals surface area contributed by atoms with Crippen LogP contribution in [0.3, 0.4) is 0 Å². The zero-order chi connectivity index (χ0) is 18.7. The number of carbonyl (C=O) groups is 1. The summed E-state index contributed by atoms with van der Waals surface area (Å²) in [7, 11) is 1.61. The first kappa shape index (κ1) is 17.9. The van der Waals surface area contributed by atoms with Crippen molar-refractivity contribution in [1.82, 2.24) is 4.98 Å². The summed E-state index contributed by atoms with van der Waals surface area (Å²) >= 11 is 1.46. The Bertz CT molecular complexity index is 979. The van der Waals surface area contributed by atoms with E-state index < -0.39 is 11.6 Å². The van der Waals surface area contributed by atoms with Gasteiger partial charge in [-0.1, -0.05) is 12.1 Å². The van der Waals surface area contributed by atoms with Gasteiger partial charge in [0, 0.05) is 17.0 Å². The van der Waals surface area contributed by atoms with Crippen LogP contribution in [0.25, 0.3) is 10.6 Å². The van der Waals surface area contributed by atoms with Crippen LogP contribution < -0.4 is 10.4 Å². The molecule has 0 bridgehead atoms. The summed E-state index contributed by atoms with van der Waals surface area (Å²) in [5.41, 5.74) is 1.89. The van der Waals surface area contributed by atoms with E-state index >= 15 is 0 Å². The van der Waals surface area contributed by atoms with E-state index in [9.17, 15) is 9.59 Å². The number of aryl methyl sites for hydroxylation is 2. The molecule has 0 saturated carbocycles. The molecule has 0 saturated heterocycles. The Labute approximate surface area is 154 Å². The minimum atomic E-state index is -0.542. The minimum Gasteiger partial charge on any atom is -0.497 e. The monoisotopic (exact) mass is 371 g/mol. The third-order valence-electron chi connectivity index (χ3n) is 3.76. The molecule has 2 heterocycles. The molecule has 3 aromatic rings. The standard InChI is InChI=1S/C19H17NO5S/c1-11-7-16(21)25-12(2)17(11)19(22)24-9-14-10-26-18(20-14)13-5-4-6-15(8-13)23-3/h4-8,10H,9H2,1-3H3. The molecule has 134 valence electrons. The van der Waals surface area contributed by atoms with Crippen molar-refractivity contribution in [3.05, 3.63) is 68.7 Å². The van der Waals surface area contributed by atoms with Gasteiger partial charge in [-0.05, 0) is 31.5 Å². The Hall–Kier alpha value is -2.93. The SMILES string of the molecule is COc1cccc(-c2nc(COC(=O)c3c(C)cc(=O)oc3C)cs2)c1. The summed E-state index contributed by atoms with van der Waals surface area (Å²) in [6.45, 7) is 3.27. The first-order valence-corrected chi connectivity index (χ1v) is 8.73. The van der Waals surface area contributed by atoms with E-state index in [1.807, 2.05) is 29.6 Å². The molecule has 0 fully saturated rings. The lowest BCUT2D eigenvalue weighted by Crippen LogP contribution is -2.12. The summed E-state index contributed by atoms with van der Waals surface area (Å²) in [5, 5.41) is 2.65. The average molecular weight is 371 g/mol. The van der Waals surface area contributed by atoms with Gasteiger partial charge in [-0.3, -0.25) is 0 Å². The summed E-state index contributed by atoms with van der Waals surface area (Å²) in [6, 6.07) is 8.86. The Morgan fingerprint density at radius 1 is 1.27 bits per heavy atom. The largest absolute Gasteiger partial charge is 0.497 e. The number of aromatic nitrogens is 1. The summed E-state index contributed by atoms with van der Waals surface area (Å²) in [4.78, 5) is 28.1. The van der Waals surface area contributed by atoms with E-state index in [-0.39, 0.29) is 17.9 Å². The predicted octanol–water partition coefficient (Wildman–Crippen LogP) is 3.75. The van der Waals surface area contributed by atoms with Crippen LogP contribution in [-0.2, 0) is 11.3 Å². The van der Waals surface area contributed by atoms with E-state index in [4.69, 9.17) is 13.9 Å². The van der Waals surface area contributed by atoms with Crippen molar-refractivity contribution in [2.45, 2.75) is 20.5 Å². The topological polar surface area (TPSA) is 78.6 Å². The zero-order valence-corrected chi connectivity index (χ0v) is 15.4. The van der Waals surface area contributed by atoms with E-state index in [1.54, 1.807) is 21.0 Å². The number of thiazole rings is 1. The number of hydrogen-bond acceptors (Lipinski definition) is 7. The molecule has 6 nitrogen and oxygen atoms in total. The highest BCUT2D eigenvalue weighted by Gasteiger charge is 2.17. The van der Waals surface area contributed by atoms with Gasteiger partial charge in [0.1, 0.15) is 28.7 Å². The van der Waals surface area contributed by atoms with Crippen molar-refractivity contribution in [3.8, 4) is 16.3 Å². The third-order valence-corrected chi connectivity index (χ3v) is 4.70. The van der Waals surface area contributed by atoms with Gasteiger partial charge in [-0.25, -0.2) is 14.6 Å². The number of ether oxygens (including phenoxy) is 2. The summed E-state index contributed by atoms with van der Waals surface area (Å²) in [6.07, 6.45) is 0. The lowest BCUT2D eigenvalue weighted by Gasteiger charge is -2.07. The molecule has 0 aliphatic carbocycles. The molecule has 0 aliphatic heterocycles. The van der Waals surface area contributed by atoms with E-state index in [0.29, 0.717) is 11.3 Å². The number of carbonyl (C=O) groups excluding carboxylic acids is 1.